The SMILES string of the molecule is CCCCCCCCCC(C#N)(C#N)CCCCCCCCC. The van der Waals surface area contributed by atoms with Crippen LogP contribution in [0.3, 0.4) is 0 Å². The van der Waals surface area contributed by atoms with Gasteiger partial charge in [0.2, 0.25) is 0 Å². The predicted molar refractivity (Wildman–Crippen MR) is 98.9 cm³/mol. The highest BCUT2D eigenvalue weighted by atomic mass is 14.4. The van der Waals surface area contributed by atoms with Gasteiger partial charge in [0.15, 0.2) is 0 Å². The van der Waals surface area contributed by atoms with E-state index in [1.54, 1.807) is 0 Å². The lowest BCUT2D eigenvalue weighted by Crippen LogP contribution is -2.16. The number of hydrogen-bond donors (Lipinski definition) is 0. The average molecular weight is 319 g/mol. The maximum Gasteiger partial charge on any atom is 0.143 e. The third-order valence-electron chi connectivity index (χ3n) is 4.84. The summed E-state index contributed by atoms with van der Waals surface area (Å²) in [5.74, 6) is 0. The van der Waals surface area contributed by atoms with E-state index in [0.717, 1.165) is 25.7 Å². The summed E-state index contributed by atoms with van der Waals surface area (Å²) < 4.78 is 0. The molecular formula is C21H38N2. The maximum atomic E-state index is 9.45. The van der Waals surface area contributed by atoms with Crippen molar-refractivity contribution >= 4 is 0 Å². The first-order valence-corrected chi connectivity index (χ1v) is 10.1. The van der Waals surface area contributed by atoms with E-state index in [1.165, 1.54) is 77.0 Å². The third-order valence-corrected chi connectivity index (χ3v) is 4.84. The minimum atomic E-state index is -0.715. The van der Waals surface area contributed by atoms with Crippen LogP contribution in [0.5, 0.6) is 0 Å². The number of rotatable bonds is 16. The number of nitrogens with zero attached hydrogens (tertiary/aromatic N) is 2. The van der Waals surface area contributed by atoms with Crippen molar-refractivity contribution in [1.29, 1.82) is 10.5 Å². The fourth-order valence-electron chi connectivity index (χ4n) is 3.14. The van der Waals surface area contributed by atoms with Gasteiger partial charge < -0.3 is 0 Å². The van der Waals surface area contributed by atoms with Crippen molar-refractivity contribution in [3.05, 3.63) is 0 Å². The van der Waals surface area contributed by atoms with Crippen LogP contribution in [0.15, 0.2) is 0 Å². The van der Waals surface area contributed by atoms with Crippen molar-refractivity contribution in [3.8, 4) is 12.1 Å². The minimum Gasteiger partial charge on any atom is -0.197 e. The summed E-state index contributed by atoms with van der Waals surface area (Å²) in [4.78, 5) is 0. The zero-order valence-electron chi connectivity index (χ0n) is 15.7. The van der Waals surface area contributed by atoms with Crippen LogP contribution in [-0.2, 0) is 0 Å². The van der Waals surface area contributed by atoms with E-state index in [1.807, 2.05) is 0 Å². The summed E-state index contributed by atoms with van der Waals surface area (Å²) in [5, 5.41) is 18.9. The van der Waals surface area contributed by atoms with Gasteiger partial charge in [-0.2, -0.15) is 10.5 Å². The molecule has 0 N–H and O–H groups in total. The van der Waals surface area contributed by atoms with Gasteiger partial charge in [0, 0.05) is 0 Å². The van der Waals surface area contributed by atoms with Crippen molar-refractivity contribution in [2.24, 2.45) is 5.41 Å². The zero-order chi connectivity index (χ0) is 17.2. The van der Waals surface area contributed by atoms with Gasteiger partial charge in [-0.15, -0.1) is 0 Å². The Morgan fingerprint density at radius 1 is 0.522 bits per heavy atom. The minimum absolute atomic E-state index is 0.715. The first-order valence-electron chi connectivity index (χ1n) is 10.1. The lowest BCUT2D eigenvalue weighted by atomic mass is 9.80. The lowest BCUT2D eigenvalue weighted by Gasteiger charge is -2.18. The molecule has 2 heteroatoms. The highest BCUT2D eigenvalue weighted by Gasteiger charge is 2.28. The normalized spacial score (nSPS) is 11.1. The van der Waals surface area contributed by atoms with Crippen LogP contribution in [0.1, 0.15) is 117 Å². The van der Waals surface area contributed by atoms with Gasteiger partial charge in [0.05, 0.1) is 12.1 Å². The highest BCUT2D eigenvalue weighted by Crippen LogP contribution is 2.30. The first kappa shape index (κ1) is 22.0. The molecule has 0 unspecified atom stereocenters. The molecule has 0 aromatic heterocycles. The van der Waals surface area contributed by atoms with Crippen LogP contribution in [0.2, 0.25) is 0 Å². The molecule has 0 aromatic rings. The molecule has 0 fully saturated rings. The molecule has 0 bridgehead atoms. The fraction of sp³-hybridized carbons (Fsp3) is 0.905. The van der Waals surface area contributed by atoms with E-state index in [2.05, 4.69) is 26.0 Å². The van der Waals surface area contributed by atoms with Crippen LogP contribution in [0, 0.1) is 28.1 Å². The van der Waals surface area contributed by atoms with Gasteiger partial charge in [-0.05, 0) is 12.8 Å². The Morgan fingerprint density at radius 3 is 1.13 bits per heavy atom. The zero-order valence-corrected chi connectivity index (χ0v) is 15.7. The molecule has 0 saturated carbocycles. The van der Waals surface area contributed by atoms with Crippen molar-refractivity contribution in [3.63, 3.8) is 0 Å². The molecule has 0 aliphatic carbocycles. The van der Waals surface area contributed by atoms with E-state index < -0.39 is 5.41 Å². The van der Waals surface area contributed by atoms with E-state index in [9.17, 15) is 10.5 Å². The standard InChI is InChI=1S/C21H38N2/c1-3-5-7-9-11-13-15-17-21(19-22,20-23)18-16-14-12-10-8-6-4-2/h3-18H2,1-2H3. The van der Waals surface area contributed by atoms with Crippen molar-refractivity contribution in [2.45, 2.75) is 117 Å². The van der Waals surface area contributed by atoms with Gasteiger partial charge >= 0.3 is 0 Å². The quantitative estimate of drug-likeness (QED) is 0.280. The molecule has 0 atom stereocenters. The van der Waals surface area contributed by atoms with Crippen molar-refractivity contribution < 1.29 is 0 Å². The second-order valence-electron chi connectivity index (χ2n) is 7.05. The Balaban J connectivity index is 3.80. The Labute approximate surface area is 145 Å². The van der Waals surface area contributed by atoms with Crippen molar-refractivity contribution in [1.82, 2.24) is 0 Å². The number of unbranched alkanes of at least 4 members (excludes halogenated alkanes) is 12. The molecule has 0 aliphatic rings. The van der Waals surface area contributed by atoms with Crippen LogP contribution < -0.4 is 0 Å². The topological polar surface area (TPSA) is 47.6 Å². The molecule has 0 saturated heterocycles. The summed E-state index contributed by atoms with van der Waals surface area (Å²) >= 11 is 0. The second-order valence-corrected chi connectivity index (χ2v) is 7.05. The van der Waals surface area contributed by atoms with Gasteiger partial charge in [0.25, 0.3) is 0 Å². The predicted octanol–water partition coefficient (Wildman–Crippen LogP) is 7.30. The maximum absolute atomic E-state index is 9.45. The highest BCUT2D eigenvalue weighted by molar-refractivity contribution is 5.13. The van der Waals surface area contributed by atoms with Crippen LogP contribution in [0.25, 0.3) is 0 Å². The van der Waals surface area contributed by atoms with Crippen molar-refractivity contribution in [2.75, 3.05) is 0 Å². The molecular weight excluding hydrogens is 280 g/mol. The summed E-state index contributed by atoms with van der Waals surface area (Å²) in [6.45, 7) is 4.47. The summed E-state index contributed by atoms with van der Waals surface area (Å²) in [6.07, 6.45) is 18.9. The molecule has 132 valence electrons. The van der Waals surface area contributed by atoms with E-state index in [-0.39, 0.29) is 0 Å². The molecule has 23 heavy (non-hydrogen) atoms. The summed E-state index contributed by atoms with van der Waals surface area (Å²) in [5.41, 5.74) is -0.715. The smallest absolute Gasteiger partial charge is 0.143 e. The molecule has 2 nitrogen and oxygen atoms in total. The van der Waals surface area contributed by atoms with Gasteiger partial charge in [-0.3, -0.25) is 0 Å². The number of hydrogen-bond acceptors (Lipinski definition) is 2. The Hall–Kier alpha value is -1.02. The molecule has 0 radical (unpaired) electrons. The molecule has 0 amide bonds. The average Bonchev–Trinajstić information content (AvgIpc) is 2.58. The molecule has 0 rings (SSSR count). The largest absolute Gasteiger partial charge is 0.197 e. The van der Waals surface area contributed by atoms with E-state index >= 15 is 0 Å². The van der Waals surface area contributed by atoms with Gasteiger partial charge in [0.1, 0.15) is 5.41 Å². The van der Waals surface area contributed by atoms with E-state index in [4.69, 9.17) is 0 Å². The molecule has 0 heterocycles. The monoisotopic (exact) mass is 318 g/mol. The first-order chi connectivity index (χ1) is 11.2. The molecule has 0 aliphatic heterocycles. The Bertz CT molecular complexity index is 301. The molecule has 0 aromatic carbocycles. The lowest BCUT2D eigenvalue weighted by molar-refractivity contribution is 0.391. The third kappa shape index (κ3) is 12.1. The van der Waals surface area contributed by atoms with Gasteiger partial charge in [-0.1, -0.05) is 104 Å². The van der Waals surface area contributed by atoms with Gasteiger partial charge in [-0.25, -0.2) is 0 Å². The Morgan fingerprint density at radius 2 is 0.826 bits per heavy atom. The van der Waals surface area contributed by atoms with Crippen LogP contribution in [0.4, 0.5) is 0 Å². The molecule has 0 spiro atoms. The second kappa shape index (κ2) is 15.9. The summed E-state index contributed by atoms with van der Waals surface area (Å²) in [7, 11) is 0. The summed E-state index contributed by atoms with van der Waals surface area (Å²) in [6, 6.07) is 4.65. The van der Waals surface area contributed by atoms with Crippen LogP contribution >= 0.6 is 0 Å². The Kier molecular flexibility index (Phi) is 15.2. The van der Waals surface area contributed by atoms with E-state index in [0.29, 0.717) is 0 Å². The van der Waals surface area contributed by atoms with Crippen LogP contribution in [-0.4, -0.2) is 0 Å². The number of nitriles is 2. The fourth-order valence-corrected chi connectivity index (χ4v) is 3.14.